The van der Waals surface area contributed by atoms with Gasteiger partial charge in [0.2, 0.25) is 0 Å². The SMILES string of the molecule is CC(C)(C)OC(=O)N1CCC(NCC2(CO)CCCC2)CC1. The van der Waals surface area contributed by atoms with Crippen molar-refractivity contribution in [1.82, 2.24) is 10.2 Å². The maximum absolute atomic E-state index is 12.0. The lowest BCUT2D eigenvalue weighted by atomic mass is 9.86. The van der Waals surface area contributed by atoms with Gasteiger partial charge in [0.05, 0.1) is 0 Å². The van der Waals surface area contributed by atoms with Crippen molar-refractivity contribution in [3.63, 3.8) is 0 Å². The van der Waals surface area contributed by atoms with Crippen molar-refractivity contribution in [3.8, 4) is 0 Å². The molecular weight excluding hydrogens is 280 g/mol. The van der Waals surface area contributed by atoms with Crippen LogP contribution < -0.4 is 5.32 Å². The number of nitrogens with one attached hydrogen (secondary N) is 1. The van der Waals surface area contributed by atoms with Gasteiger partial charge in [-0.25, -0.2) is 4.79 Å². The van der Waals surface area contributed by atoms with E-state index in [-0.39, 0.29) is 18.1 Å². The number of hydrogen-bond donors (Lipinski definition) is 2. The Bertz CT molecular complexity index is 365. The summed E-state index contributed by atoms with van der Waals surface area (Å²) in [6.45, 7) is 8.38. The fraction of sp³-hybridized carbons (Fsp3) is 0.941. The third-order valence-corrected chi connectivity index (χ3v) is 4.91. The number of likely N-dealkylation sites (tertiary alicyclic amines) is 1. The van der Waals surface area contributed by atoms with Gasteiger partial charge < -0.3 is 20.1 Å². The first-order chi connectivity index (χ1) is 10.3. The molecule has 1 aliphatic heterocycles. The van der Waals surface area contributed by atoms with Crippen LogP contribution in [0.3, 0.4) is 0 Å². The normalized spacial score (nSPS) is 22.8. The van der Waals surface area contributed by atoms with E-state index in [1.54, 1.807) is 4.90 Å². The number of aliphatic hydroxyl groups excluding tert-OH is 1. The van der Waals surface area contributed by atoms with Crippen LogP contribution in [0.2, 0.25) is 0 Å². The predicted octanol–water partition coefficient (Wildman–Crippen LogP) is 2.53. The summed E-state index contributed by atoms with van der Waals surface area (Å²) in [5.41, 5.74) is -0.329. The van der Waals surface area contributed by atoms with Crippen LogP contribution in [0.15, 0.2) is 0 Å². The number of rotatable bonds is 4. The van der Waals surface area contributed by atoms with Gasteiger partial charge in [-0.2, -0.15) is 0 Å². The lowest BCUT2D eigenvalue weighted by molar-refractivity contribution is 0.0193. The first kappa shape index (κ1) is 17.5. The third-order valence-electron chi connectivity index (χ3n) is 4.91. The predicted molar refractivity (Wildman–Crippen MR) is 86.8 cm³/mol. The van der Waals surface area contributed by atoms with E-state index in [0.29, 0.717) is 6.04 Å². The van der Waals surface area contributed by atoms with Crippen molar-refractivity contribution >= 4 is 6.09 Å². The molecule has 1 saturated carbocycles. The summed E-state index contributed by atoms with van der Waals surface area (Å²) in [6, 6.07) is 0.447. The van der Waals surface area contributed by atoms with E-state index in [9.17, 15) is 9.90 Å². The summed E-state index contributed by atoms with van der Waals surface area (Å²) in [4.78, 5) is 13.8. The molecule has 0 aromatic carbocycles. The van der Waals surface area contributed by atoms with E-state index >= 15 is 0 Å². The van der Waals surface area contributed by atoms with E-state index in [2.05, 4.69) is 5.32 Å². The van der Waals surface area contributed by atoms with Crippen molar-refractivity contribution in [2.75, 3.05) is 26.2 Å². The zero-order chi connectivity index (χ0) is 16.2. The molecule has 1 amide bonds. The van der Waals surface area contributed by atoms with Crippen LogP contribution in [0, 0.1) is 5.41 Å². The summed E-state index contributed by atoms with van der Waals surface area (Å²) < 4.78 is 5.42. The summed E-state index contributed by atoms with van der Waals surface area (Å²) in [5.74, 6) is 0. The quantitative estimate of drug-likeness (QED) is 0.837. The van der Waals surface area contributed by atoms with Crippen LogP contribution in [-0.4, -0.2) is 54.0 Å². The molecule has 5 heteroatoms. The number of carbonyl (C=O) groups excluding carboxylic acids is 1. The second-order valence-electron chi connectivity index (χ2n) is 7.99. The fourth-order valence-electron chi connectivity index (χ4n) is 3.47. The van der Waals surface area contributed by atoms with Gasteiger partial charge in [0, 0.05) is 37.7 Å². The monoisotopic (exact) mass is 312 g/mol. The molecule has 0 bridgehead atoms. The molecule has 5 nitrogen and oxygen atoms in total. The zero-order valence-electron chi connectivity index (χ0n) is 14.4. The summed E-state index contributed by atoms with van der Waals surface area (Å²) >= 11 is 0. The molecule has 1 saturated heterocycles. The standard InChI is InChI=1S/C17H32N2O3/c1-16(2,3)22-15(21)19-10-6-14(7-11-19)18-12-17(13-20)8-4-5-9-17/h14,18,20H,4-13H2,1-3H3. The lowest BCUT2D eigenvalue weighted by Gasteiger charge is -2.36. The van der Waals surface area contributed by atoms with Crippen LogP contribution in [-0.2, 0) is 4.74 Å². The first-order valence-electron chi connectivity index (χ1n) is 8.66. The molecule has 0 atom stereocenters. The number of hydrogen-bond acceptors (Lipinski definition) is 4. The molecule has 128 valence electrons. The molecule has 1 heterocycles. The fourth-order valence-corrected chi connectivity index (χ4v) is 3.47. The average Bonchev–Trinajstić information content (AvgIpc) is 2.93. The van der Waals surface area contributed by atoms with Gasteiger partial charge in [-0.15, -0.1) is 0 Å². The number of carbonyl (C=O) groups is 1. The lowest BCUT2D eigenvalue weighted by Crippen LogP contribution is -2.48. The zero-order valence-corrected chi connectivity index (χ0v) is 14.4. The second-order valence-corrected chi connectivity index (χ2v) is 7.99. The third kappa shape index (κ3) is 4.85. The first-order valence-corrected chi connectivity index (χ1v) is 8.66. The topological polar surface area (TPSA) is 61.8 Å². The Balaban J connectivity index is 1.72. The smallest absolute Gasteiger partial charge is 0.410 e. The molecule has 2 fully saturated rings. The minimum Gasteiger partial charge on any atom is -0.444 e. The summed E-state index contributed by atoms with van der Waals surface area (Å²) in [6.07, 6.45) is 6.45. The highest BCUT2D eigenvalue weighted by atomic mass is 16.6. The number of aliphatic hydroxyl groups is 1. The Morgan fingerprint density at radius 3 is 2.36 bits per heavy atom. The maximum atomic E-state index is 12.0. The average molecular weight is 312 g/mol. The van der Waals surface area contributed by atoms with Gasteiger partial charge in [-0.3, -0.25) is 0 Å². The largest absolute Gasteiger partial charge is 0.444 e. The molecule has 2 rings (SSSR count). The molecule has 22 heavy (non-hydrogen) atoms. The van der Waals surface area contributed by atoms with Crippen LogP contribution in [0.5, 0.6) is 0 Å². The Hall–Kier alpha value is -0.810. The maximum Gasteiger partial charge on any atom is 0.410 e. The molecule has 0 aromatic rings. The van der Waals surface area contributed by atoms with E-state index in [1.165, 1.54) is 12.8 Å². The van der Waals surface area contributed by atoms with Crippen LogP contribution in [0.25, 0.3) is 0 Å². The van der Waals surface area contributed by atoms with Gasteiger partial charge in [0.25, 0.3) is 0 Å². The minimum absolute atomic E-state index is 0.0995. The molecule has 0 unspecified atom stereocenters. The van der Waals surface area contributed by atoms with Gasteiger partial charge >= 0.3 is 6.09 Å². The molecule has 2 N–H and O–H groups in total. The Morgan fingerprint density at radius 1 is 1.27 bits per heavy atom. The van der Waals surface area contributed by atoms with Gasteiger partial charge in [0.1, 0.15) is 5.60 Å². The molecule has 0 radical (unpaired) electrons. The molecule has 0 aromatic heterocycles. The summed E-state index contributed by atoms with van der Waals surface area (Å²) in [5, 5.41) is 13.3. The van der Waals surface area contributed by atoms with E-state index in [0.717, 1.165) is 45.3 Å². The van der Waals surface area contributed by atoms with Gasteiger partial charge in [-0.1, -0.05) is 12.8 Å². The Morgan fingerprint density at radius 2 is 1.86 bits per heavy atom. The van der Waals surface area contributed by atoms with Crippen molar-refractivity contribution in [2.24, 2.45) is 5.41 Å². The van der Waals surface area contributed by atoms with E-state index in [4.69, 9.17) is 4.74 Å². The highest BCUT2D eigenvalue weighted by Crippen LogP contribution is 2.37. The van der Waals surface area contributed by atoms with Crippen LogP contribution in [0.1, 0.15) is 59.3 Å². The van der Waals surface area contributed by atoms with E-state index < -0.39 is 5.60 Å². The van der Waals surface area contributed by atoms with Crippen molar-refractivity contribution < 1.29 is 14.6 Å². The van der Waals surface area contributed by atoms with E-state index in [1.807, 2.05) is 20.8 Å². The molecule has 0 spiro atoms. The number of piperidine rings is 1. The Labute approximate surface area is 134 Å². The molecular formula is C17H32N2O3. The van der Waals surface area contributed by atoms with Crippen molar-refractivity contribution in [1.29, 1.82) is 0 Å². The van der Waals surface area contributed by atoms with Crippen LogP contribution in [0.4, 0.5) is 4.79 Å². The van der Waals surface area contributed by atoms with Gasteiger partial charge in [0.15, 0.2) is 0 Å². The summed E-state index contributed by atoms with van der Waals surface area (Å²) in [7, 11) is 0. The highest BCUT2D eigenvalue weighted by molar-refractivity contribution is 5.68. The number of amides is 1. The molecule has 1 aliphatic carbocycles. The van der Waals surface area contributed by atoms with Crippen molar-refractivity contribution in [2.45, 2.75) is 70.9 Å². The number of nitrogens with zero attached hydrogens (tertiary/aromatic N) is 1. The van der Waals surface area contributed by atoms with Gasteiger partial charge in [-0.05, 0) is 46.5 Å². The highest BCUT2D eigenvalue weighted by Gasteiger charge is 2.34. The molecule has 2 aliphatic rings. The second kappa shape index (κ2) is 7.18. The Kier molecular flexibility index (Phi) is 5.72. The minimum atomic E-state index is -0.428. The van der Waals surface area contributed by atoms with Crippen molar-refractivity contribution in [3.05, 3.63) is 0 Å². The number of ether oxygens (including phenoxy) is 1. The van der Waals surface area contributed by atoms with Crippen LogP contribution >= 0.6 is 0 Å².